The molecule has 0 saturated heterocycles. The van der Waals surface area contributed by atoms with Crippen molar-refractivity contribution in [2.24, 2.45) is 0 Å². The molecule has 5 heteroatoms. The summed E-state index contributed by atoms with van der Waals surface area (Å²) in [5.41, 5.74) is 0. The first kappa shape index (κ1) is 8.68. The van der Waals surface area contributed by atoms with Gasteiger partial charge in [0.15, 0.2) is 11.6 Å². The van der Waals surface area contributed by atoms with Crippen molar-refractivity contribution < 1.29 is 13.6 Å². The van der Waals surface area contributed by atoms with Gasteiger partial charge in [0, 0.05) is 12.1 Å². The van der Waals surface area contributed by atoms with Crippen molar-refractivity contribution in [1.82, 2.24) is 9.94 Å². The highest BCUT2D eigenvalue weighted by Gasteiger charge is 2.05. The molecule has 0 spiro atoms. The topological polar surface area (TPSA) is 27.1 Å². The molecule has 3 nitrogen and oxygen atoms in total. The van der Waals surface area contributed by atoms with Crippen LogP contribution in [0, 0.1) is 17.7 Å². The number of nitrogens with zero attached hydrogens (tertiary/aromatic N) is 2. The molecule has 0 aliphatic rings. The molecule has 1 heterocycles. The third kappa shape index (κ3) is 1.71. The van der Waals surface area contributed by atoms with E-state index < -0.39 is 11.6 Å². The van der Waals surface area contributed by atoms with Crippen LogP contribution in [0.1, 0.15) is 0 Å². The Balaban J connectivity index is 2.25. The molecular weight excluding hydrogens is 190 g/mol. The Hall–Kier alpha value is -1.91. The minimum Gasteiger partial charge on any atom is -0.355 e. The largest absolute Gasteiger partial charge is 0.355 e. The molecule has 0 unspecified atom stereocenters. The van der Waals surface area contributed by atoms with Crippen molar-refractivity contribution in [3.63, 3.8) is 0 Å². The number of hydrogen-bond donors (Lipinski definition) is 0. The number of aromatic nitrogens is 2. The summed E-state index contributed by atoms with van der Waals surface area (Å²) in [4.78, 5) is 5.96. The maximum atomic E-state index is 13.0. The Morgan fingerprint density at radius 1 is 1.36 bits per heavy atom. The van der Waals surface area contributed by atoms with Crippen LogP contribution in [0.15, 0.2) is 30.6 Å². The SMILES string of the molecule is Fc1ccc(On2c[c]cn2)c(F)c1. The molecule has 0 fully saturated rings. The van der Waals surface area contributed by atoms with Crippen molar-refractivity contribution in [1.29, 1.82) is 0 Å². The maximum Gasteiger partial charge on any atom is 0.193 e. The zero-order valence-corrected chi connectivity index (χ0v) is 6.95. The highest BCUT2D eigenvalue weighted by molar-refractivity contribution is 5.24. The van der Waals surface area contributed by atoms with E-state index in [4.69, 9.17) is 4.84 Å². The average Bonchev–Trinajstić information content (AvgIpc) is 2.62. The molecule has 71 valence electrons. The van der Waals surface area contributed by atoms with Crippen LogP contribution in [0.5, 0.6) is 5.75 Å². The van der Waals surface area contributed by atoms with Crippen molar-refractivity contribution in [3.8, 4) is 5.75 Å². The third-order valence-corrected chi connectivity index (χ3v) is 1.52. The van der Waals surface area contributed by atoms with E-state index >= 15 is 0 Å². The first-order valence-electron chi connectivity index (χ1n) is 3.80. The summed E-state index contributed by atoms with van der Waals surface area (Å²) < 4.78 is 25.5. The Bertz CT molecular complexity index is 428. The number of hydrogen-bond acceptors (Lipinski definition) is 2. The van der Waals surface area contributed by atoms with Crippen LogP contribution in [-0.2, 0) is 0 Å². The molecule has 0 bridgehead atoms. The van der Waals surface area contributed by atoms with Gasteiger partial charge in [-0.2, -0.15) is 0 Å². The zero-order chi connectivity index (χ0) is 9.97. The van der Waals surface area contributed by atoms with Gasteiger partial charge >= 0.3 is 0 Å². The number of rotatable bonds is 2. The first-order chi connectivity index (χ1) is 6.75. The second kappa shape index (κ2) is 3.45. The fraction of sp³-hybridized carbons (Fsp3) is 0. The van der Waals surface area contributed by atoms with Crippen LogP contribution >= 0.6 is 0 Å². The van der Waals surface area contributed by atoms with E-state index in [-0.39, 0.29) is 5.75 Å². The summed E-state index contributed by atoms with van der Waals surface area (Å²) in [5, 5.41) is 3.65. The lowest BCUT2D eigenvalue weighted by Gasteiger charge is -2.04. The van der Waals surface area contributed by atoms with Crippen molar-refractivity contribution in [2.75, 3.05) is 0 Å². The predicted octanol–water partition coefficient (Wildman–Crippen LogP) is 1.80. The van der Waals surface area contributed by atoms with E-state index in [0.717, 1.165) is 17.0 Å². The van der Waals surface area contributed by atoms with Gasteiger partial charge < -0.3 is 4.84 Å². The fourth-order valence-corrected chi connectivity index (χ4v) is 0.921. The molecule has 0 aliphatic carbocycles. The van der Waals surface area contributed by atoms with Crippen LogP contribution in [0.25, 0.3) is 0 Å². The molecule has 0 saturated carbocycles. The summed E-state index contributed by atoms with van der Waals surface area (Å²) in [6, 6.07) is 5.64. The lowest BCUT2D eigenvalue weighted by atomic mass is 10.3. The standard InChI is InChI=1S/C9H5F2N2O/c10-7-2-3-9(8(11)6-7)14-13-5-1-4-12-13/h2-6H. The molecule has 0 amide bonds. The Labute approximate surface area is 78.5 Å². The van der Waals surface area contributed by atoms with Gasteiger partial charge in [-0.15, -0.1) is 5.10 Å². The van der Waals surface area contributed by atoms with Crippen molar-refractivity contribution in [2.45, 2.75) is 0 Å². The van der Waals surface area contributed by atoms with Gasteiger partial charge in [0.2, 0.25) is 0 Å². The monoisotopic (exact) mass is 195 g/mol. The van der Waals surface area contributed by atoms with Crippen LogP contribution < -0.4 is 4.84 Å². The minimum absolute atomic E-state index is 0.0940. The predicted molar refractivity (Wildman–Crippen MR) is 43.4 cm³/mol. The summed E-state index contributed by atoms with van der Waals surface area (Å²) >= 11 is 0. The lowest BCUT2D eigenvalue weighted by Crippen LogP contribution is -2.06. The Morgan fingerprint density at radius 2 is 2.21 bits per heavy atom. The van der Waals surface area contributed by atoms with E-state index in [1.54, 1.807) is 0 Å². The van der Waals surface area contributed by atoms with Crippen molar-refractivity contribution in [3.05, 3.63) is 48.3 Å². The molecule has 0 N–H and O–H groups in total. The van der Waals surface area contributed by atoms with E-state index in [0.29, 0.717) is 0 Å². The Morgan fingerprint density at radius 3 is 2.86 bits per heavy atom. The van der Waals surface area contributed by atoms with E-state index in [1.807, 2.05) is 0 Å². The van der Waals surface area contributed by atoms with E-state index in [1.165, 1.54) is 18.5 Å². The molecule has 2 aromatic rings. The molecule has 1 aromatic heterocycles. The maximum absolute atomic E-state index is 13.0. The second-order valence-electron chi connectivity index (χ2n) is 2.51. The smallest absolute Gasteiger partial charge is 0.193 e. The molecule has 0 atom stereocenters. The van der Waals surface area contributed by atoms with Crippen LogP contribution in [0.3, 0.4) is 0 Å². The van der Waals surface area contributed by atoms with Crippen LogP contribution in [-0.4, -0.2) is 9.94 Å². The second-order valence-corrected chi connectivity index (χ2v) is 2.51. The average molecular weight is 195 g/mol. The van der Waals surface area contributed by atoms with Crippen LogP contribution in [0.2, 0.25) is 0 Å². The molecule has 2 rings (SSSR count). The number of halogens is 2. The van der Waals surface area contributed by atoms with Gasteiger partial charge in [-0.1, -0.05) is 4.85 Å². The fourth-order valence-electron chi connectivity index (χ4n) is 0.921. The van der Waals surface area contributed by atoms with Gasteiger partial charge in [0.1, 0.15) is 5.82 Å². The van der Waals surface area contributed by atoms with Crippen LogP contribution in [0.4, 0.5) is 8.78 Å². The first-order valence-corrected chi connectivity index (χ1v) is 3.80. The molecular formula is C9H5F2N2O. The van der Waals surface area contributed by atoms with E-state index in [9.17, 15) is 8.78 Å². The summed E-state index contributed by atoms with van der Waals surface area (Å²) in [6.45, 7) is 0. The Kier molecular flexibility index (Phi) is 2.14. The quantitative estimate of drug-likeness (QED) is 0.730. The third-order valence-electron chi connectivity index (χ3n) is 1.52. The lowest BCUT2D eigenvalue weighted by molar-refractivity contribution is 0.170. The van der Waals surface area contributed by atoms with Gasteiger partial charge in [0.25, 0.3) is 0 Å². The minimum atomic E-state index is -0.777. The van der Waals surface area contributed by atoms with E-state index in [2.05, 4.69) is 11.2 Å². The van der Waals surface area contributed by atoms with Gasteiger partial charge in [-0.25, -0.2) is 8.78 Å². The van der Waals surface area contributed by atoms with Crippen molar-refractivity contribution >= 4 is 0 Å². The molecule has 1 aromatic carbocycles. The molecule has 0 aliphatic heterocycles. The summed E-state index contributed by atoms with van der Waals surface area (Å²) in [6.07, 6.45) is 2.74. The highest BCUT2D eigenvalue weighted by atomic mass is 19.1. The number of benzene rings is 1. The normalized spacial score (nSPS) is 10.1. The highest BCUT2D eigenvalue weighted by Crippen LogP contribution is 2.17. The summed E-state index contributed by atoms with van der Waals surface area (Å²) in [7, 11) is 0. The zero-order valence-electron chi connectivity index (χ0n) is 6.95. The van der Waals surface area contributed by atoms with Gasteiger partial charge in [0.05, 0.1) is 12.4 Å². The van der Waals surface area contributed by atoms with Gasteiger partial charge in [-0.05, 0) is 12.1 Å². The molecule has 14 heavy (non-hydrogen) atoms. The summed E-state index contributed by atoms with van der Waals surface area (Å²) in [5.74, 6) is -1.52. The van der Waals surface area contributed by atoms with Gasteiger partial charge in [-0.3, -0.25) is 0 Å². The molecule has 1 radical (unpaired) electrons.